The van der Waals surface area contributed by atoms with Crippen LogP contribution < -0.4 is 5.32 Å². The van der Waals surface area contributed by atoms with Gasteiger partial charge in [-0.3, -0.25) is 0 Å². The SMILES string of the molecule is N#Cc1ccc(CNC2CCCCCC2)o1. The van der Waals surface area contributed by atoms with Crippen molar-refractivity contribution in [1.82, 2.24) is 5.32 Å². The normalized spacial score (nSPS) is 17.9. The van der Waals surface area contributed by atoms with E-state index in [9.17, 15) is 0 Å². The molecule has 1 aromatic rings. The third-order valence-corrected chi connectivity index (χ3v) is 3.19. The van der Waals surface area contributed by atoms with Crippen molar-refractivity contribution >= 4 is 0 Å². The van der Waals surface area contributed by atoms with Crippen LogP contribution in [0.1, 0.15) is 50.0 Å². The van der Waals surface area contributed by atoms with Crippen molar-refractivity contribution in [3.63, 3.8) is 0 Å². The van der Waals surface area contributed by atoms with Crippen LogP contribution in [0.4, 0.5) is 0 Å². The second-order valence-electron chi connectivity index (χ2n) is 4.45. The van der Waals surface area contributed by atoms with Crippen molar-refractivity contribution < 1.29 is 4.42 Å². The molecular formula is C13H18N2O. The van der Waals surface area contributed by atoms with E-state index in [2.05, 4.69) is 5.32 Å². The lowest BCUT2D eigenvalue weighted by Crippen LogP contribution is -2.27. The van der Waals surface area contributed by atoms with Gasteiger partial charge in [-0.2, -0.15) is 5.26 Å². The second kappa shape index (κ2) is 5.72. The summed E-state index contributed by atoms with van der Waals surface area (Å²) in [7, 11) is 0. The summed E-state index contributed by atoms with van der Waals surface area (Å²) in [6.45, 7) is 0.742. The monoisotopic (exact) mass is 218 g/mol. The summed E-state index contributed by atoms with van der Waals surface area (Å²) >= 11 is 0. The summed E-state index contributed by atoms with van der Waals surface area (Å²) in [4.78, 5) is 0. The third-order valence-electron chi connectivity index (χ3n) is 3.19. The van der Waals surface area contributed by atoms with Crippen molar-refractivity contribution in [2.24, 2.45) is 0 Å². The average molecular weight is 218 g/mol. The van der Waals surface area contributed by atoms with E-state index in [0.717, 1.165) is 12.3 Å². The highest BCUT2D eigenvalue weighted by Gasteiger charge is 2.12. The van der Waals surface area contributed by atoms with Crippen LogP contribution in [0.25, 0.3) is 0 Å². The topological polar surface area (TPSA) is 49.0 Å². The number of nitriles is 1. The minimum Gasteiger partial charge on any atom is -0.449 e. The van der Waals surface area contributed by atoms with Gasteiger partial charge in [0.05, 0.1) is 6.54 Å². The Hall–Kier alpha value is -1.27. The predicted molar refractivity (Wildman–Crippen MR) is 61.8 cm³/mol. The smallest absolute Gasteiger partial charge is 0.203 e. The summed E-state index contributed by atoms with van der Waals surface area (Å²) in [5, 5.41) is 12.2. The zero-order chi connectivity index (χ0) is 11.2. The van der Waals surface area contributed by atoms with Gasteiger partial charge in [0.1, 0.15) is 11.8 Å². The Bertz CT molecular complexity index is 356. The highest BCUT2D eigenvalue weighted by molar-refractivity contribution is 5.18. The summed E-state index contributed by atoms with van der Waals surface area (Å²) < 4.78 is 5.33. The van der Waals surface area contributed by atoms with E-state index in [1.165, 1.54) is 38.5 Å². The molecule has 1 aliphatic rings. The van der Waals surface area contributed by atoms with Crippen molar-refractivity contribution in [1.29, 1.82) is 5.26 Å². The van der Waals surface area contributed by atoms with Crippen LogP contribution in [0.3, 0.4) is 0 Å². The highest BCUT2D eigenvalue weighted by atomic mass is 16.3. The molecule has 0 amide bonds. The van der Waals surface area contributed by atoms with Gasteiger partial charge in [0.2, 0.25) is 5.76 Å². The van der Waals surface area contributed by atoms with Gasteiger partial charge in [-0.1, -0.05) is 25.7 Å². The molecule has 0 unspecified atom stereocenters. The van der Waals surface area contributed by atoms with Crippen LogP contribution in [-0.4, -0.2) is 6.04 Å². The maximum absolute atomic E-state index is 8.64. The first kappa shape index (κ1) is 11.2. The first-order valence-corrected chi connectivity index (χ1v) is 6.10. The molecule has 0 saturated heterocycles. The maximum atomic E-state index is 8.64. The molecule has 16 heavy (non-hydrogen) atoms. The zero-order valence-corrected chi connectivity index (χ0v) is 9.54. The van der Waals surface area contributed by atoms with Gasteiger partial charge in [-0.15, -0.1) is 0 Å². The fourth-order valence-corrected chi connectivity index (χ4v) is 2.26. The van der Waals surface area contributed by atoms with Gasteiger partial charge in [0, 0.05) is 6.04 Å². The minimum atomic E-state index is 0.401. The summed E-state index contributed by atoms with van der Waals surface area (Å²) in [5.74, 6) is 1.26. The molecule has 0 atom stereocenters. The van der Waals surface area contributed by atoms with Crippen molar-refractivity contribution in [2.45, 2.75) is 51.1 Å². The van der Waals surface area contributed by atoms with Crippen molar-refractivity contribution in [3.05, 3.63) is 23.7 Å². The Balaban J connectivity index is 1.79. The standard InChI is InChI=1S/C13H18N2O/c14-9-12-7-8-13(16-12)10-15-11-5-3-1-2-4-6-11/h7-8,11,15H,1-6,10H2. The Morgan fingerprint density at radius 3 is 2.62 bits per heavy atom. The van der Waals surface area contributed by atoms with Gasteiger partial charge in [0.15, 0.2) is 0 Å². The second-order valence-corrected chi connectivity index (χ2v) is 4.45. The molecule has 0 aliphatic heterocycles. The molecule has 1 N–H and O–H groups in total. The fourth-order valence-electron chi connectivity index (χ4n) is 2.26. The Morgan fingerprint density at radius 2 is 2.00 bits per heavy atom. The molecule has 1 heterocycles. The van der Waals surface area contributed by atoms with E-state index in [1.54, 1.807) is 6.07 Å². The van der Waals surface area contributed by atoms with Crippen molar-refractivity contribution in [3.8, 4) is 6.07 Å². The average Bonchev–Trinajstić information content (AvgIpc) is 2.61. The van der Waals surface area contributed by atoms with Gasteiger partial charge in [-0.25, -0.2) is 0 Å². The highest BCUT2D eigenvalue weighted by Crippen LogP contribution is 2.17. The first-order valence-electron chi connectivity index (χ1n) is 6.10. The van der Waals surface area contributed by atoms with Gasteiger partial charge < -0.3 is 9.73 Å². The maximum Gasteiger partial charge on any atom is 0.203 e. The van der Waals surface area contributed by atoms with Crippen molar-refractivity contribution in [2.75, 3.05) is 0 Å². The van der Waals surface area contributed by atoms with Crippen LogP contribution in [-0.2, 0) is 6.54 Å². The van der Waals surface area contributed by atoms with Crippen LogP contribution in [0, 0.1) is 11.3 Å². The lowest BCUT2D eigenvalue weighted by atomic mass is 10.1. The van der Waals surface area contributed by atoms with Gasteiger partial charge in [-0.05, 0) is 25.0 Å². The van der Waals surface area contributed by atoms with Gasteiger partial charge in [0.25, 0.3) is 0 Å². The van der Waals surface area contributed by atoms with E-state index in [4.69, 9.17) is 9.68 Å². The lowest BCUT2D eigenvalue weighted by Gasteiger charge is -2.14. The summed E-state index contributed by atoms with van der Waals surface area (Å²) in [6.07, 6.45) is 7.95. The minimum absolute atomic E-state index is 0.401. The Labute approximate surface area is 96.4 Å². The zero-order valence-electron chi connectivity index (χ0n) is 9.54. The fraction of sp³-hybridized carbons (Fsp3) is 0.615. The molecule has 3 heteroatoms. The molecular weight excluding hydrogens is 200 g/mol. The van der Waals surface area contributed by atoms with Crippen LogP contribution in [0.5, 0.6) is 0 Å². The molecule has 3 nitrogen and oxygen atoms in total. The molecule has 86 valence electrons. The van der Waals surface area contributed by atoms with Gasteiger partial charge >= 0.3 is 0 Å². The summed E-state index contributed by atoms with van der Waals surface area (Å²) in [5.41, 5.74) is 0. The number of nitrogens with zero attached hydrogens (tertiary/aromatic N) is 1. The third kappa shape index (κ3) is 3.11. The first-order chi connectivity index (χ1) is 7.88. The summed E-state index contributed by atoms with van der Waals surface area (Å²) in [6, 6.07) is 6.23. The quantitative estimate of drug-likeness (QED) is 0.793. The van der Waals surface area contributed by atoms with Crippen LogP contribution in [0.2, 0.25) is 0 Å². The predicted octanol–water partition coefficient (Wildman–Crippen LogP) is 2.96. The molecule has 2 rings (SSSR count). The lowest BCUT2D eigenvalue weighted by molar-refractivity contribution is 0.413. The molecule has 0 radical (unpaired) electrons. The molecule has 1 fully saturated rings. The van der Waals surface area contributed by atoms with E-state index in [-0.39, 0.29) is 0 Å². The number of nitrogens with one attached hydrogen (secondary N) is 1. The largest absolute Gasteiger partial charge is 0.449 e. The number of hydrogen-bond donors (Lipinski definition) is 1. The molecule has 0 bridgehead atoms. The Kier molecular flexibility index (Phi) is 4.01. The number of rotatable bonds is 3. The van der Waals surface area contributed by atoms with E-state index in [1.807, 2.05) is 12.1 Å². The molecule has 0 spiro atoms. The van der Waals surface area contributed by atoms with E-state index >= 15 is 0 Å². The molecule has 1 aromatic heterocycles. The number of furan rings is 1. The molecule has 1 saturated carbocycles. The van der Waals surface area contributed by atoms with E-state index in [0.29, 0.717) is 11.8 Å². The molecule has 0 aromatic carbocycles. The Morgan fingerprint density at radius 1 is 1.25 bits per heavy atom. The van der Waals surface area contributed by atoms with E-state index < -0.39 is 0 Å². The van der Waals surface area contributed by atoms with Crippen LogP contribution in [0.15, 0.2) is 16.5 Å². The number of hydrogen-bond acceptors (Lipinski definition) is 3. The molecule has 1 aliphatic carbocycles. The van der Waals surface area contributed by atoms with Crippen LogP contribution >= 0.6 is 0 Å².